The van der Waals surface area contributed by atoms with Gasteiger partial charge < -0.3 is 10.1 Å². The Morgan fingerprint density at radius 3 is 2.58 bits per heavy atom. The van der Waals surface area contributed by atoms with Crippen LogP contribution >= 0.6 is 0 Å². The molecule has 0 unspecified atom stereocenters. The van der Waals surface area contributed by atoms with Crippen LogP contribution in [0.5, 0.6) is 0 Å². The van der Waals surface area contributed by atoms with Gasteiger partial charge in [-0.1, -0.05) is 38.1 Å². The monoisotopic (exact) mass is 356 g/mol. The van der Waals surface area contributed by atoms with E-state index in [1.165, 1.54) is 5.56 Å². The number of nitrogens with one attached hydrogen (secondary N) is 1. The van der Waals surface area contributed by atoms with E-state index in [0.717, 1.165) is 44.1 Å². The fraction of sp³-hybridized carbons (Fsp3) is 0.500. The highest BCUT2D eigenvalue weighted by atomic mass is 16.5. The van der Waals surface area contributed by atoms with Gasteiger partial charge in [-0.25, -0.2) is 0 Å². The van der Waals surface area contributed by atoms with E-state index >= 15 is 0 Å². The first-order valence-corrected chi connectivity index (χ1v) is 9.27. The smallest absolute Gasteiger partial charge is 0.271 e. The summed E-state index contributed by atoms with van der Waals surface area (Å²) in [4.78, 5) is 14.7. The third-order valence-electron chi connectivity index (χ3n) is 4.80. The van der Waals surface area contributed by atoms with Crippen molar-refractivity contribution in [2.75, 3.05) is 39.4 Å². The standard InChI is InChI=1S/C20H28N4O2/c1-15(2)16-4-6-17(7-5-16)19-14-18(22-23(19)3)20(25)21-8-9-24-10-12-26-13-11-24/h4-7,14-15H,8-13H2,1-3H3,(H,21,25). The number of hydrogen-bond acceptors (Lipinski definition) is 4. The number of amides is 1. The molecule has 1 aliphatic rings. The van der Waals surface area contributed by atoms with Crippen LogP contribution in [0.1, 0.15) is 35.8 Å². The van der Waals surface area contributed by atoms with Crippen LogP contribution < -0.4 is 5.32 Å². The maximum Gasteiger partial charge on any atom is 0.271 e. The topological polar surface area (TPSA) is 59.4 Å². The zero-order valence-electron chi connectivity index (χ0n) is 15.9. The molecule has 0 spiro atoms. The van der Waals surface area contributed by atoms with Crippen LogP contribution in [0.25, 0.3) is 11.3 Å². The van der Waals surface area contributed by atoms with Crippen molar-refractivity contribution >= 4 is 5.91 Å². The molecule has 1 aromatic carbocycles. The second-order valence-corrected chi connectivity index (χ2v) is 7.03. The first-order chi connectivity index (χ1) is 12.5. The quantitative estimate of drug-likeness (QED) is 0.863. The van der Waals surface area contributed by atoms with Gasteiger partial charge >= 0.3 is 0 Å². The Morgan fingerprint density at radius 1 is 1.23 bits per heavy atom. The summed E-state index contributed by atoms with van der Waals surface area (Å²) in [7, 11) is 1.87. The Balaban J connectivity index is 1.60. The minimum Gasteiger partial charge on any atom is -0.379 e. The summed E-state index contributed by atoms with van der Waals surface area (Å²) in [6.07, 6.45) is 0. The Labute approximate surface area is 155 Å². The highest BCUT2D eigenvalue weighted by molar-refractivity contribution is 5.93. The van der Waals surface area contributed by atoms with Gasteiger partial charge in [0.05, 0.1) is 18.9 Å². The van der Waals surface area contributed by atoms with E-state index in [9.17, 15) is 4.79 Å². The first-order valence-electron chi connectivity index (χ1n) is 9.27. The molecule has 0 aliphatic carbocycles. The lowest BCUT2D eigenvalue weighted by atomic mass is 10.0. The molecule has 1 aliphatic heterocycles. The molecular weight excluding hydrogens is 328 g/mol. The highest BCUT2D eigenvalue weighted by Gasteiger charge is 2.15. The Hall–Kier alpha value is -2.18. The van der Waals surface area contributed by atoms with E-state index in [4.69, 9.17) is 4.74 Å². The van der Waals surface area contributed by atoms with Gasteiger partial charge in [0, 0.05) is 33.2 Å². The van der Waals surface area contributed by atoms with Crippen molar-refractivity contribution in [2.24, 2.45) is 7.05 Å². The van der Waals surface area contributed by atoms with Crippen LogP contribution in [-0.2, 0) is 11.8 Å². The summed E-state index contributed by atoms with van der Waals surface area (Å²) in [5.41, 5.74) is 3.77. The molecule has 1 N–H and O–H groups in total. The summed E-state index contributed by atoms with van der Waals surface area (Å²) in [5.74, 6) is 0.377. The van der Waals surface area contributed by atoms with Crippen LogP contribution in [0.2, 0.25) is 0 Å². The summed E-state index contributed by atoms with van der Waals surface area (Å²) >= 11 is 0. The average molecular weight is 356 g/mol. The van der Waals surface area contributed by atoms with Crippen molar-refractivity contribution in [1.82, 2.24) is 20.0 Å². The van der Waals surface area contributed by atoms with E-state index in [-0.39, 0.29) is 5.91 Å². The van der Waals surface area contributed by atoms with Gasteiger partial charge in [-0.05, 0) is 23.1 Å². The summed E-state index contributed by atoms with van der Waals surface area (Å²) in [6.45, 7) is 9.21. The molecule has 2 heterocycles. The Bertz CT molecular complexity index is 731. The predicted octanol–water partition coefficient (Wildman–Crippen LogP) is 2.27. The van der Waals surface area contributed by atoms with Crippen LogP contribution in [0.15, 0.2) is 30.3 Å². The van der Waals surface area contributed by atoms with Crippen LogP contribution in [0.3, 0.4) is 0 Å². The SMILES string of the molecule is CC(C)c1ccc(-c2cc(C(=O)NCCN3CCOCC3)nn2C)cc1. The van der Waals surface area contributed by atoms with Gasteiger partial charge in [0.15, 0.2) is 5.69 Å². The van der Waals surface area contributed by atoms with Crippen molar-refractivity contribution in [3.05, 3.63) is 41.6 Å². The molecule has 2 aromatic rings. The number of ether oxygens (including phenoxy) is 1. The Kier molecular flexibility index (Phi) is 6.06. The lowest BCUT2D eigenvalue weighted by molar-refractivity contribution is 0.0383. The van der Waals surface area contributed by atoms with Gasteiger partial charge in [-0.2, -0.15) is 5.10 Å². The normalized spacial score (nSPS) is 15.4. The maximum atomic E-state index is 12.4. The molecule has 1 fully saturated rings. The van der Waals surface area contributed by atoms with Crippen molar-refractivity contribution in [3.8, 4) is 11.3 Å². The lowest BCUT2D eigenvalue weighted by Gasteiger charge is -2.26. The molecule has 6 heteroatoms. The van der Waals surface area contributed by atoms with E-state index in [0.29, 0.717) is 18.2 Å². The zero-order valence-corrected chi connectivity index (χ0v) is 15.9. The number of nitrogens with zero attached hydrogens (tertiary/aromatic N) is 3. The summed E-state index contributed by atoms with van der Waals surface area (Å²) in [6, 6.07) is 10.3. The lowest BCUT2D eigenvalue weighted by Crippen LogP contribution is -2.41. The molecule has 0 saturated carbocycles. The maximum absolute atomic E-state index is 12.4. The molecule has 1 aromatic heterocycles. The number of aryl methyl sites for hydroxylation is 1. The van der Waals surface area contributed by atoms with Gasteiger partial charge in [0.25, 0.3) is 5.91 Å². The average Bonchev–Trinajstić information content (AvgIpc) is 3.04. The van der Waals surface area contributed by atoms with Gasteiger partial charge in [0.1, 0.15) is 0 Å². The van der Waals surface area contributed by atoms with Crippen molar-refractivity contribution in [3.63, 3.8) is 0 Å². The third-order valence-corrected chi connectivity index (χ3v) is 4.80. The van der Waals surface area contributed by atoms with Crippen LogP contribution in [0.4, 0.5) is 0 Å². The molecule has 0 bridgehead atoms. The second kappa shape index (κ2) is 8.47. The summed E-state index contributed by atoms with van der Waals surface area (Å²) < 4.78 is 7.10. The van der Waals surface area contributed by atoms with Crippen LogP contribution in [0, 0.1) is 0 Å². The molecule has 0 atom stereocenters. The minimum atomic E-state index is -0.126. The van der Waals surface area contributed by atoms with E-state index < -0.39 is 0 Å². The van der Waals surface area contributed by atoms with Gasteiger partial charge in [-0.15, -0.1) is 0 Å². The number of carbonyl (C=O) groups excluding carboxylic acids is 1. The number of benzene rings is 1. The van der Waals surface area contributed by atoms with Gasteiger partial charge in [-0.3, -0.25) is 14.4 Å². The zero-order chi connectivity index (χ0) is 18.5. The molecule has 140 valence electrons. The largest absolute Gasteiger partial charge is 0.379 e. The van der Waals surface area contributed by atoms with Crippen molar-refractivity contribution in [2.45, 2.75) is 19.8 Å². The second-order valence-electron chi connectivity index (χ2n) is 7.03. The fourth-order valence-corrected chi connectivity index (χ4v) is 3.13. The molecule has 6 nitrogen and oxygen atoms in total. The predicted molar refractivity (Wildman–Crippen MR) is 102 cm³/mol. The fourth-order valence-electron chi connectivity index (χ4n) is 3.13. The number of rotatable bonds is 6. The van der Waals surface area contributed by atoms with E-state index in [1.807, 2.05) is 13.1 Å². The van der Waals surface area contributed by atoms with Gasteiger partial charge in [0.2, 0.25) is 0 Å². The van der Waals surface area contributed by atoms with Crippen molar-refractivity contribution in [1.29, 1.82) is 0 Å². The van der Waals surface area contributed by atoms with Crippen molar-refractivity contribution < 1.29 is 9.53 Å². The molecular formula is C20H28N4O2. The molecule has 0 radical (unpaired) electrons. The number of carbonyl (C=O) groups is 1. The number of morpholine rings is 1. The number of hydrogen-bond donors (Lipinski definition) is 1. The molecule has 1 amide bonds. The highest BCUT2D eigenvalue weighted by Crippen LogP contribution is 2.23. The molecule has 26 heavy (non-hydrogen) atoms. The van der Waals surface area contributed by atoms with E-state index in [1.54, 1.807) is 4.68 Å². The number of aromatic nitrogens is 2. The van der Waals surface area contributed by atoms with E-state index in [2.05, 4.69) is 53.4 Å². The summed E-state index contributed by atoms with van der Waals surface area (Å²) in [5, 5.41) is 7.35. The van der Waals surface area contributed by atoms with Crippen LogP contribution in [-0.4, -0.2) is 60.0 Å². The first kappa shape index (κ1) is 18.6. The minimum absolute atomic E-state index is 0.126. The Morgan fingerprint density at radius 2 is 1.92 bits per heavy atom. The third kappa shape index (κ3) is 4.51. The molecule has 3 rings (SSSR count). The molecule has 1 saturated heterocycles.